The number of thioether (sulfide) groups is 2. The average molecular weight is 425 g/mol. The summed E-state index contributed by atoms with van der Waals surface area (Å²) in [6, 6.07) is -0.435. The van der Waals surface area contributed by atoms with Crippen LogP contribution in [0.2, 0.25) is 0 Å². The molecule has 2 amide bonds. The van der Waals surface area contributed by atoms with Crippen LogP contribution >= 0.6 is 23.5 Å². The highest BCUT2D eigenvalue weighted by Gasteiger charge is 2.16. The number of hydrogen-bond donors (Lipinski definition) is 3. The van der Waals surface area contributed by atoms with E-state index in [1.807, 2.05) is 27.7 Å². The quantitative estimate of drug-likeness (QED) is 0.321. The Hall–Kier alpha value is -0.970. The molecule has 0 radical (unpaired) electrons. The summed E-state index contributed by atoms with van der Waals surface area (Å²) in [4.78, 5) is 34.8. The zero-order valence-electron chi connectivity index (χ0n) is 16.5. The van der Waals surface area contributed by atoms with Crippen molar-refractivity contribution < 1.29 is 29.0 Å². The number of carbonyl (C=O) groups excluding carboxylic acids is 2. The van der Waals surface area contributed by atoms with Crippen LogP contribution in [-0.4, -0.2) is 71.1 Å². The van der Waals surface area contributed by atoms with Crippen molar-refractivity contribution in [3.63, 3.8) is 0 Å². The molecule has 10 heteroatoms. The first kappa shape index (κ1) is 26.0. The van der Waals surface area contributed by atoms with Crippen molar-refractivity contribution in [2.75, 3.05) is 31.3 Å². The molecule has 0 rings (SSSR count). The van der Waals surface area contributed by atoms with Crippen molar-refractivity contribution in [1.29, 1.82) is 0 Å². The first-order valence-corrected chi connectivity index (χ1v) is 11.1. The first-order valence-electron chi connectivity index (χ1n) is 9.02. The summed E-state index contributed by atoms with van der Waals surface area (Å²) >= 11 is 2.74. The van der Waals surface area contributed by atoms with Crippen LogP contribution in [0.25, 0.3) is 0 Å². The molecule has 0 aromatic carbocycles. The average Bonchev–Trinajstić information content (AvgIpc) is 2.61. The number of ether oxygens (including phenoxy) is 2. The third-order valence-corrected chi connectivity index (χ3v) is 5.39. The Morgan fingerprint density at radius 3 is 1.96 bits per heavy atom. The van der Waals surface area contributed by atoms with Gasteiger partial charge in [-0.25, -0.2) is 0 Å². The molecule has 0 aromatic heterocycles. The minimum atomic E-state index is -0.944. The second kappa shape index (κ2) is 16.0. The van der Waals surface area contributed by atoms with E-state index in [1.165, 1.54) is 23.5 Å². The number of nitrogens with one attached hydrogen (secondary N) is 2. The lowest BCUT2D eigenvalue weighted by atomic mass is 10.1. The number of hydrogen-bond acceptors (Lipinski definition) is 7. The van der Waals surface area contributed by atoms with Crippen LogP contribution in [0.5, 0.6) is 0 Å². The maximum Gasteiger partial charge on any atom is 0.303 e. The molecule has 27 heavy (non-hydrogen) atoms. The predicted molar refractivity (Wildman–Crippen MR) is 109 cm³/mol. The Kier molecular flexibility index (Phi) is 15.5. The molecule has 0 heterocycles. The highest BCUT2D eigenvalue weighted by molar-refractivity contribution is 8.00. The fraction of sp³-hybridized carbons (Fsp3) is 0.824. The molecular formula is C17H32N2O6S2. The topological polar surface area (TPSA) is 114 Å². The first-order chi connectivity index (χ1) is 12.8. The molecule has 0 fully saturated rings. The van der Waals surface area contributed by atoms with E-state index in [0.717, 1.165) is 0 Å². The van der Waals surface area contributed by atoms with Crippen LogP contribution < -0.4 is 10.6 Å². The Labute approximate surface area is 169 Å². The predicted octanol–water partition coefficient (Wildman–Crippen LogP) is 1.68. The van der Waals surface area contributed by atoms with Gasteiger partial charge < -0.3 is 25.2 Å². The summed E-state index contributed by atoms with van der Waals surface area (Å²) in [6.45, 7) is 8.85. The lowest BCUT2D eigenvalue weighted by molar-refractivity contribution is -0.137. The Morgan fingerprint density at radius 2 is 1.48 bits per heavy atom. The highest BCUT2D eigenvalue weighted by Crippen LogP contribution is 2.12. The van der Waals surface area contributed by atoms with Crippen molar-refractivity contribution in [2.24, 2.45) is 0 Å². The van der Waals surface area contributed by atoms with Crippen LogP contribution in [0.15, 0.2) is 0 Å². The van der Waals surface area contributed by atoms with E-state index in [-0.39, 0.29) is 53.6 Å². The van der Waals surface area contributed by atoms with E-state index in [9.17, 15) is 14.4 Å². The van der Waals surface area contributed by atoms with Gasteiger partial charge in [0.1, 0.15) is 10.9 Å². The standard InChI is InChI=1S/C17H32N2O6S2/c1-5-24-12(3)26-10-15(20)18-9-14(7-8-17(22)23)19-16(21)11-27-13(4)25-6-2/h12-14H,5-11H2,1-4H3,(H,18,20)(H,19,21)(H,22,23). The summed E-state index contributed by atoms with van der Waals surface area (Å²) in [7, 11) is 0. The van der Waals surface area contributed by atoms with Gasteiger partial charge in [0.25, 0.3) is 0 Å². The van der Waals surface area contributed by atoms with E-state index in [0.29, 0.717) is 13.2 Å². The van der Waals surface area contributed by atoms with E-state index in [2.05, 4.69) is 10.6 Å². The summed E-state index contributed by atoms with van der Waals surface area (Å²) < 4.78 is 10.7. The normalized spacial score (nSPS) is 14.2. The maximum atomic E-state index is 12.1. The van der Waals surface area contributed by atoms with Crippen molar-refractivity contribution in [3.05, 3.63) is 0 Å². The fourth-order valence-corrected chi connectivity index (χ4v) is 3.45. The minimum absolute atomic E-state index is 0.0763. The van der Waals surface area contributed by atoms with Gasteiger partial charge in [0.2, 0.25) is 11.8 Å². The van der Waals surface area contributed by atoms with E-state index in [4.69, 9.17) is 14.6 Å². The van der Waals surface area contributed by atoms with Crippen molar-refractivity contribution in [2.45, 2.75) is 57.5 Å². The molecular weight excluding hydrogens is 392 g/mol. The molecule has 0 bridgehead atoms. The van der Waals surface area contributed by atoms with Crippen LogP contribution in [-0.2, 0) is 23.9 Å². The summed E-state index contributed by atoms with van der Waals surface area (Å²) in [5.74, 6) is -0.889. The second-order valence-electron chi connectivity index (χ2n) is 5.67. The third-order valence-electron chi connectivity index (χ3n) is 3.32. The van der Waals surface area contributed by atoms with Gasteiger partial charge in [-0.3, -0.25) is 14.4 Å². The number of rotatable bonds is 16. The molecule has 0 aliphatic carbocycles. The number of carbonyl (C=O) groups is 3. The number of carboxylic acid groups (broad SMARTS) is 1. The zero-order chi connectivity index (χ0) is 20.7. The molecule has 0 aromatic rings. The minimum Gasteiger partial charge on any atom is -0.481 e. The largest absolute Gasteiger partial charge is 0.481 e. The monoisotopic (exact) mass is 424 g/mol. The van der Waals surface area contributed by atoms with Crippen molar-refractivity contribution in [1.82, 2.24) is 10.6 Å². The molecule has 3 atom stereocenters. The molecule has 158 valence electrons. The number of aliphatic carboxylic acids is 1. The summed E-state index contributed by atoms with van der Waals surface area (Å²) in [5.41, 5.74) is -0.171. The van der Waals surface area contributed by atoms with Gasteiger partial charge in [-0.05, 0) is 34.1 Å². The van der Waals surface area contributed by atoms with Gasteiger partial charge in [-0.1, -0.05) is 0 Å². The number of amides is 2. The molecule has 0 saturated carbocycles. The van der Waals surface area contributed by atoms with Gasteiger partial charge in [-0.2, -0.15) is 0 Å². The van der Waals surface area contributed by atoms with Crippen molar-refractivity contribution >= 4 is 41.3 Å². The third kappa shape index (κ3) is 15.8. The van der Waals surface area contributed by atoms with E-state index >= 15 is 0 Å². The number of carboxylic acids is 1. The second-order valence-corrected chi connectivity index (χ2v) is 8.24. The van der Waals surface area contributed by atoms with Crippen LogP contribution in [0.1, 0.15) is 40.5 Å². The maximum absolute atomic E-state index is 12.1. The lowest BCUT2D eigenvalue weighted by Gasteiger charge is -2.19. The van der Waals surface area contributed by atoms with Crippen LogP contribution in [0.4, 0.5) is 0 Å². The molecule has 0 aliphatic rings. The zero-order valence-corrected chi connectivity index (χ0v) is 18.1. The Bertz CT molecular complexity index is 453. The Balaban J connectivity index is 4.35. The summed E-state index contributed by atoms with van der Waals surface area (Å²) in [5, 5.41) is 14.4. The molecule has 8 nitrogen and oxygen atoms in total. The van der Waals surface area contributed by atoms with Gasteiger partial charge in [-0.15, -0.1) is 23.5 Å². The lowest BCUT2D eigenvalue weighted by Crippen LogP contribution is -2.45. The smallest absolute Gasteiger partial charge is 0.303 e. The molecule has 0 saturated heterocycles. The van der Waals surface area contributed by atoms with Crippen LogP contribution in [0, 0.1) is 0 Å². The van der Waals surface area contributed by atoms with Crippen molar-refractivity contribution in [3.8, 4) is 0 Å². The molecule has 0 spiro atoms. The fourth-order valence-electron chi connectivity index (χ4n) is 2.03. The van der Waals surface area contributed by atoms with E-state index < -0.39 is 12.0 Å². The SMILES string of the molecule is CCOC(C)SCC(=O)NCC(CCC(=O)O)NC(=O)CSC(C)OCC. The van der Waals surface area contributed by atoms with Gasteiger partial charge in [0.15, 0.2) is 0 Å². The van der Waals surface area contributed by atoms with Gasteiger partial charge in [0.05, 0.1) is 11.5 Å². The Morgan fingerprint density at radius 1 is 0.963 bits per heavy atom. The summed E-state index contributed by atoms with van der Waals surface area (Å²) in [6.07, 6.45) is 0.162. The van der Waals surface area contributed by atoms with Gasteiger partial charge in [0, 0.05) is 32.2 Å². The molecule has 3 N–H and O–H groups in total. The van der Waals surface area contributed by atoms with E-state index in [1.54, 1.807) is 0 Å². The highest BCUT2D eigenvalue weighted by atomic mass is 32.2. The molecule has 0 aliphatic heterocycles. The van der Waals surface area contributed by atoms with Gasteiger partial charge >= 0.3 is 5.97 Å². The van der Waals surface area contributed by atoms with Crippen LogP contribution in [0.3, 0.4) is 0 Å². The molecule has 3 unspecified atom stereocenters.